The Morgan fingerprint density at radius 2 is 2.25 bits per heavy atom. The van der Waals surface area contributed by atoms with Crippen LogP contribution in [-0.4, -0.2) is 27.3 Å². The fourth-order valence-corrected chi connectivity index (χ4v) is 1.83. The van der Waals surface area contributed by atoms with Gasteiger partial charge >= 0.3 is 6.03 Å². The van der Waals surface area contributed by atoms with E-state index in [0.717, 1.165) is 18.7 Å². The molecule has 2 heterocycles. The molecule has 0 radical (unpaired) electrons. The summed E-state index contributed by atoms with van der Waals surface area (Å²) < 4.78 is 1.84. The minimum atomic E-state index is -0.177. The highest BCUT2D eigenvalue weighted by atomic mass is 16.2. The molecule has 6 nitrogen and oxygen atoms in total. The van der Waals surface area contributed by atoms with E-state index in [1.54, 1.807) is 12.4 Å². The van der Waals surface area contributed by atoms with Gasteiger partial charge in [-0.05, 0) is 31.5 Å². The first-order valence-electron chi connectivity index (χ1n) is 6.68. The molecule has 0 aromatic carbocycles. The lowest BCUT2D eigenvalue weighted by Crippen LogP contribution is -2.38. The van der Waals surface area contributed by atoms with Gasteiger partial charge in [0.15, 0.2) is 0 Å². The molecular formula is C14H19N5O. The van der Waals surface area contributed by atoms with E-state index >= 15 is 0 Å². The topological polar surface area (TPSA) is 71.8 Å². The fraction of sp³-hybridized carbons (Fsp3) is 0.357. The molecule has 2 amide bonds. The molecule has 0 aliphatic heterocycles. The smallest absolute Gasteiger partial charge is 0.315 e. The molecule has 6 heteroatoms. The van der Waals surface area contributed by atoms with Gasteiger partial charge in [0.25, 0.3) is 0 Å². The maximum Gasteiger partial charge on any atom is 0.315 e. The first-order valence-corrected chi connectivity index (χ1v) is 6.68. The number of aromatic nitrogens is 3. The summed E-state index contributed by atoms with van der Waals surface area (Å²) in [4.78, 5) is 15.9. The van der Waals surface area contributed by atoms with Crippen LogP contribution in [0.4, 0.5) is 4.79 Å². The fourth-order valence-electron chi connectivity index (χ4n) is 1.83. The lowest BCUT2D eigenvalue weighted by Gasteiger charge is -2.14. The number of hydrogen-bond acceptors (Lipinski definition) is 3. The Morgan fingerprint density at radius 1 is 1.35 bits per heavy atom. The Bertz CT molecular complexity index is 512. The number of hydrogen-bond donors (Lipinski definition) is 2. The number of carbonyl (C=O) groups excluding carboxylic acids is 1. The van der Waals surface area contributed by atoms with Crippen LogP contribution in [-0.2, 0) is 6.54 Å². The van der Waals surface area contributed by atoms with Crippen molar-refractivity contribution >= 4 is 6.03 Å². The molecule has 0 fully saturated rings. The molecule has 0 saturated heterocycles. The molecule has 0 bridgehead atoms. The van der Waals surface area contributed by atoms with Crippen molar-refractivity contribution in [2.75, 3.05) is 6.54 Å². The molecule has 2 N–H and O–H groups in total. The summed E-state index contributed by atoms with van der Waals surface area (Å²) in [7, 11) is 0. The number of amides is 2. The SMILES string of the molecule is C[C@H](NC(=O)NCCCn1cccn1)c1ccccn1. The molecule has 2 aromatic rings. The standard InChI is InChI=1S/C14H19N5O/c1-12(13-6-2-3-7-15-13)18-14(20)16-8-4-10-19-11-5-9-17-19/h2-3,5-7,9,11-12H,4,8,10H2,1H3,(H2,16,18,20)/t12-/m0/s1. The van der Waals surface area contributed by atoms with E-state index in [2.05, 4.69) is 20.7 Å². The van der Waals surface area contributed by atoms with Gasteiger partial charge < -0.3 is 10.6 Å². The number of urea groups is 1. The van der Waals surface area contributed by atoms with Gasteiger partial charge in [-0.1, -0.05) is 6.07 Å². The van der Waals surface area contributed by atoms with Crippen LogP contribution in [0.25, 0.3) is 0 Å². The van der Waals surface area contributed by atoms with Gasteiger partial charge in [-0.2, -0.15) is 5.10 Å². The van der Waals surface area contributed by atoms with Crippen molar-refractivity contribution in [3.8, 4) is 0 Å². The molecule has 0 saturated carbocycles. The van der Waals surface area contributed by atoms with Gasteiger partial charge in [0.1, 0.15) is 0 Å². The van der Waals surface area contributed by atoms with Crippen molar-refractivity contribution in [3.63, 3.8) is 0 Å². The molecular weight excluding hydrogens is 254 g/mol. The molecule has 20 heavy (non-hydrogen) atoms. The number of pyridine rings is 1. The van der Waals surface area contributed by atoms with Crippen LogP contribution >= 0.6 is 0 Å². The van der Waals surface area contributed by atoms with Crippen molar-refractivity contribution < 1.29 is 4.79 Å². The van der Waals surface area contributed by atoms with Crippen molar-refractivity contribution in [1.29, 1.82) is 0 Å². The lowest BCUT2D eigenvalue weighted by atomic mass is 10.2. The highest BCUT2D eigenvalue weighted by Crippen LogP contribution is 2.06. The average Bonchev–Trinajstić information content (AvgIpc) is 2.98. The minimum Gasteiger partial charge on any atom is -0.338 e. The van der Waals surface area contributed by atoms with Crippen LogP contribution in [0.3, 0.4) is 0 Å². The molecule has 106 valence electrons. The Balaban J connectivity index is 1.65. The summed E-state index contributed by atoms with van der Waals surface area (Å²) in [6.07, 6.45) is 6.21. The monoisotopic (exact) mass is 273 g/mol. The Morgan fingerprint density at radius 3 is 2.95 bits per heavy atom. The molecule has 2 aromatic heterocycles. The van der Waals surface area contributed by atoms with Crippen molar-refractivity contribution in [2.24, 2.45) is 0 Å². The number of rotatable bonds is 6. The van der Waals surface area contributed by atoms with Gasteiger partial charge in [0.05, 0.1) is 11.7 Å². The Labute approximate surface area is 118 Å². The van der Waals surface area contributed by atoms with Crippen molar-refractivity contribution in [2.45, 2.75) is 25.9 Å². The zero-order chi connectivity index (χ0) is 14.2. The second-order valence-corrected chi connectivity index (χ2v) is 4.50. The van der Waals surface area contributed by atoms with Crippen LogP contribution in [0.5, 0.6) is 0 Å². The van der Waals surface area contributed by atoms with Crippen LogP contribution in [0.1, 0.15) is 25.1 Å². The summed E-state index contributed by atoms with van der Waals surface area (Å²) >= 11 is 0. The molecule has 0 aliphatic carbocycles. The maximum atomic E-state index is 11.7. The van der Waals surface area contributed by atoms with E-state index in [1.807, 2.05) is 42.1 Å². The first-order chi connectivity index (χ1) is 9.75. The van der Waals surface area contributed by atoms with Crippen LogP contribution in [0, 0.1) is 0 Å². The van der Waals surface area contributed by atoms with Gasteiger partial charge in [-0.15, -0.1) is 0 Å². The van der Waals surface area contributed by atoms with Gasteiger partial charge in [0, 0.05) is 31.7 Å². The Hall–Kier alpha value is -2.37. The highest BCUT2D eigenvalue weighted by molar-refractivity contribution is 5.74. The van der Waals surface area contributed by atoms with E-state index < -0.39 is 0 Å². The van der Waals surface area contributed by atoms with Crippen LogP contribution in [0.2, 0.25) is 0 Å². The van der Waals surface area contributed by atoms with E-state index in [4.69, 9.17) is 0 Å². The number of nitrogens with one attached hydrogen (secondary N) is 2. The number of carbonyl (C=O) groups is 1. The first kappa shape index (κ1) is 14.0. The zero-order valence-electron chi connectivity index (χ0n) is 11.5. The summed E-state index contributed by atoms with van der Waals surface area (Å²) in [5.74, 6) is 0. The summed E-state index contributed by atoms with van der Waals surface area (Å²) in [5, 5.41) is 9.78. The maximum absolute atomic E-state index is 11.7. The third-order valence-corrected chi connectivity index (χ3v) is 2.89. The Kier molecular flexibility index (Phi) is 5.11. The largest absolute Gasteiger partial charge is 0.338 e. The van der Waals surface area contributed by atoms with Gasteiger partial charge in [-0.25, -0.2) is 4.79 Å². The minimum absolute atomic E-state index is 0.109. The predicted octanol–water partition coefficient (Wildman–Crippen LogP) is 1.73. The molecule has 1 atom stereocenters. The highest BCUT2D eigenvalue weighted by Gasteiger charge is 2.09. The summed E-state index contributed by atoms with van der Waals surface area (Å²) in [6, 6.07) is 7.25. The molecule has 0 spiro atoms. The normalized spacial score (nSPS) is 11.8. The van der Waals surface area contributed by atoms with Crippen molar-refractivity contribution in [1.82, 2.24) is 25.4 Å². The second kappa shape index (κ2) is 7.28. The van der Waals surface area contributed by atoms with E-state index in [1.165, 1.54) is 0 Å². The lowest BCUT2D eigenvalue weighted by molar-refractivity contribution is 0.237. The van der Waals surface area contributed by atoms with Gasteiger partial charge in [0.2, 0.25) is 0 Å². The molecule has 0 unspecified atom stereocenters. The van der Waals surface area contributed by atoms with Crippen LogP contribution in [0.15, 0.2) is 42.9 Å². The number of aryl methyl sites for hydroxylation is 1. The summed E-state index contributed by atoms with van der Waals surface area (Å²) in [6.45, 7) is 3.31. The van der Waals surface area contributed by atoms with E-state index in [9.17, 15) is 4.79 Å². The van der Waals surface area contributed by atoms with E-state index in [-0.39, 0.29) is 12.1 Å². The average molecular weight is 273 g/mol. The third-order valence-electron chi connectivity index (χ3n) is 2.89. The van der Waals surface area contributed by atoms with E-state index in [0.29, 0.717) is 6.54 Å². The predicted molar refractivity (Wildman–Crippen MR) is 76.0 cm³/mol. The van der Waals surface area contributed by atoms with Gasteiger partial charge in [-0.3, -0.25) is 9.67 Å². The summed E-state index contributed by atoms with van der Waals surface area (Å²) in [5.41, 5.74) is 0.846. The number of nitrogens with zero attached hydrogens (tertiary/aromatic N) is 3. The zero-order valence-corrected chi connectivity index (χ0v) is 11.5. The molecule has 0 aliphatic rings. The quantitative estimate of drug-likeness (QED) is 0.787. The van der Waals surface area contributed by atoms with Crippen molar-refractivity contribution in [3.05, 3.63) is 48.5 Å². The van der Waals surface area contributed by atoms with Crippen LogP contribution < -0.4 is 10.6 Å². The molecule has 2 rings (SSSR count). The third kappa shape index (κ3) is 4.38. The second-order valence-electron chi connectivity index (χ2n) is 4.50.